The first kappa shape index (κ1) is 16.8. The SMILES string of the molecule is COc1cccc(F)c1-c1cccn2c(N)c(C(=O)NC(C)C)nc12. The Morgan fingerprint density at radius 3 is 2.76 bits per heavy atom. The van der Waals surface area contributed by atoms with Crippen LogP contribution in [0.4, 0.5) is 10.2 Å². The van der Waals surface area contributed by atoms with Crippen molar-refractivity contribution in [3.8, 4) is 16.9 Å². The van der Waals surface area contributed by atoms with Gasteiger partial charge in [0.05, 0.1) is 12.7 Å². The van der Waals surface area contributed by atoms with Gasteiger partial charge in [0.15, 0.2) is 5.69 Å². The van der Waals surface area contributed by atoms with Gasteiger partial charge in [-0.3, -0.25) is 9.20 Å². The smallest absolute Gasteiger partial charge is 0.273 e. The zero-order valence-electron chi connectivity index (χ0n) is 14.2. The number of nitrogens with one attached hydrogen (secondary N) is 1. The van der Waals surface area contributed by atoms with E-state index in [0.717, 1.165) is 0 Å². The van der Waals surface area contributed by atoms with Crippen molar-refractivity contribution in [2.45, 2.75) is 19.9 Å². The molecule has 0 fully saturated rings. The quantitative estimate of drug-likeness (QED) is 0.764. The van der Waals surface area contributed by atoms with Crippen LogP contribution >= 0.6 is 0 Å². The highest BCUT2D eigenvalue weighted by Crippen LogP contribution is 2.35. The Balaban J connectivity index is 2.24. The van der Waals surface area contributed by atoms with E-state index in [1.807, 2.05) is 13.8 Å². The third kappa shape index (κ3) is 2.88. The lowest BCUT2D eigenvalue weighted by atomic mass is 10.1. The van der Waals surface area contributed by atoms with Crippen LogP contribution in [0.2, 0.25) is 0 Å². The molecule has 0 saturated heterocycles. The van der Waals surface area contributed by atoms with E-state index in [0.29, 0.717) is 17.0 Å². The Bertz CT molecular complexity index is 950. The highest BCUT2D eigenvalue weighted by atomic mass is 19.1. The Kier molecular flexibility index (Phi) is 4.31. The first-order valence-corrected chi connectivity index (χ1v) is 7.84. The molecule has 7 heteroatoms. The fraction of sp³-hybridized carbons (Fsp3) is 0.222. The van der Waals surface area contributed by atoms with Crippen LogP contribution in [0.25, 0.3) is 16.8 Å². The van der Waals surface area contributed by atoms with Crippen LogP contribution in [0.1, 0.15) is 24.3 Å². The van der Waals surface area contributed by atoms with Crippen molar-refractivity contribution in [1.82, 2.24) is 14.7 Å². The van der Waals surface area contributed by atoms with Gasteiger partial charge >= 0.3 is 0 Å². The first-order chi connectivity index (χ1) is 11.9. The number of ether oxygens (including phenoxy) is 1. The second kappa shape index (κ2) is 6.43. The van der Waals surface area contributed by atoms with E-state index in [9.17, 15) is 9.18 Å². The van der Waals surface area contributed by atoms with Gasteiger partial charge in [-0.05, 0) is 38.1 Å². The highest BCUT2D eigenvalue weighted by molar-refractivity contribution is 5.99. The average molecular weight is 342 g/mol. The molecule has 0 aliphatic rings. The summed E-state index contributed by atoms with van der Waals surface area (Å²) in [4.78, 5) is 16.7. The van der Waals surface area contributed by atoms with Crippen LogP contribution < -0.4 is 15.8 Å². The molecule has 2 aromatic heterocycles. The second-order valence-electron chi connectivity index (χ2n) is 5.91. The van der Waals surface area contributed by atoms with E-state index in [-0.39, 0.29) is 29.0 Å². The lowest BCUT2D eigenvalue weighted by Gasteiger charge is -2.10. The Labute approximate surface area is 144 Å². The van der Waals surface area contributed by atoms with Gasteiger partial charge in [-0.25, -0.2) is 9.37 Å². The van der Waals surface area contributed by atoms with Gasteiger partial charge < -0.3 is 15.8 Å². The minimum absolute atomic E-state index is 0.0529. The minimum Gasteiger partial charge on any atom is -0.496 e. The van der Waals surface area contributed by atoms with Crippen LogP contribution in [-0.4, -0.2) is 28.4 Å². The zero-order chi connectivity index (χ0) is 18.1. The molecule has 130 valence electrons. The van der Waals surface area contributed by atoms with E-state index in [1.165, 1.54) is 13.2 Å². The first-order valence-electron chi connectivity index (χ1n) is 7.84. The number of carbonyl (C=O) groups is 1. The van der Waals surface area contributed by atoms with Gasteiger partial charge in [0.25, 0.3) is 5.91 Å². The van der Waals surface area contributed by atoms with Crippen LogP contribution in [0.5, 0.6) is 5.75 Å². The molecule has 2 heterocycles. The monoisotopic (exact) mass is 342 g/mol. The summed E-state index contributed by atoms with van der Waals surface area (Å²) in [5, 5.41) is 2.76. The van der Waals surface area contributed by atoms with Gasteiger partial charge in [-0.1, -0.05) is 6.07 Å². The van der Waals surface area contributed by atoms with Crippen molar-refractivity contribution in [3.05, 3.63) is 48.0 Å². The number of imidazole rings is 1. The largest absolute Gasteiger partial charge is 0.496 e. The molecular formula is C18H19FN4O2. The summed E-state index contributed by atoms with van der Waals surface area (Å²) in [5.74, 6) is -0.238. The summed E-state index contributed by atoms with van der Waals surface area (Å²) >= 11 is 0. The molecule has 0 spiro atoms. The number of methoxy groups -OCH3 is 1. The van der Waals surface area contributed by atoms with E-state index in [4.69, 9.17) is 10.5 Å². The minimum atomic E-state index is -0.442. The number of anilines is 1. The van der Waals surface area contributed by atoms with Crippen LogP contribution in [0.15, 0.2) is 36.5 Å². The van der Waals surface area contributed by atoms with Crippen molar-refractivity contribution in [2.24, 2.45) is 0 Å². The molecule has 0 aliphatic heterocycles. The number of hydrogen-bond acceptors (Lipinski definition) is 4. The van der Waals surface area contributed by atoms with E-state index in [2.05, 4.69) is 10.3 Å². The van der Waals surface area contributed by atoms with Gasteiger partial charge in [0.1, 0.15) is 23.0 Å². The topological polar surface area (TPSA) is 81.6 Å². The van der Waals surface area contributed by atoms with Crippen molar-refractivity contribution >= 4 is 17.4 Å². The molecule has 1 aromatic carbocycles. The number of carbonyl (C=O) groups excluding carboxylic acids is 1. The molecule has 1 amide bonds. The van der Waals surface area contributed by atoms with Gasteiger partial charge in [0, 0.05) is 17.8 Å². The fourth-order valence-electron chi connectivity index (χ4n) is 2.71. The van der Waals surface area contributed by atoms with Gasteiger partial charge in [0.2, 0.25) is 0 Å². The summed E-state index contributed by atoms with van der Waals surface area (Å²) in [5.41, 5.74) is 7.35. The number of nitrogens with two attached hydrogens (primary N) is 1. The molecule has 0 unspecified atom stereocenters. The number of halogens is 1. The summed E-state index contributed by atoms with van der Waals surface area (Å²) in [7, 11) is 1.47. The molecule has 25 heavy (non-hydrogen) atoms. The third-order valence-corrected chi connectivity index (χ3v) is 3.79. The summed E-state index contributed by atoms with van der Waals surface area (Å²) in [6, 6.07) is 7.96. The van der Waals surface area contributed by atoms with Crippen molar-refractivity contribution in [3.63, 3.8) is 0 Å². The van der Waals surface area contributed by atoms with Crippen molar-refractivity contribution < 1.29 is 13.9 Å². The lowest BCUT2D eigenvalue weighted by Crippen LogP contribution is -2.30. The van der Waals surface area contributed by atoms with E-state index in [1.54, 1.807) is 34.9 Å². The van der Waals surface area contributed by atoms with Gasteiger partial charge in [-0.15, -0.1) is 0 Å². The van der Waals surface area contributed by atoms with E-state index >= 15 is 0 Å². The maximum Gasteiger partial charge on any atom is 0.273 e. The molecule has 0 saturated carbocycles. The number of nitrogens with zero attached hydrogens (tertiary/aromatic N) is 2. The molecular weight excluding hydrogens is 323 g/mol. The normalized spacial score (nSPS) is 11.1. The van der Waals surface area contributed by atoms with E-state index < -0.39 is 5.82 Å². The number of fused-ring (bicyclic) bond motifs is 1. The predicted octanol–water partition coefficient (Wildman–Crippen LogP) is 2.87. The number of benzene rings is 1. The number of pyridine rings is 1. The van der Waals surface area contributed by atoms with Crippen LogP contribution in [-0.2, 0) is 0 Å². The van der Waals surface area contributed by atoms with Crippen LogP contribution in [0, 0.1) is 5.82 Å². The Morgan fingerprint density at radius 2 is 2.08 bits per heavy atom. The second-order valence-corrected chi connectivity index (χ2v) is 5.91. The number of aromatic nitrogens is 2. The molecule has 0 bridgehead atoms. The summed E-state index contributed by atoms with van der Waals surface area (Å²) < 4.78 is 21.3. The molecule has 3 aromatic rings. The molecule has 0 atom stereocenters. The number of hydrogen-bond donors (Lipinski definition) is 2. The Hall–Kier alpha value is -3.09. The van der Waals surface area contributed by atoms with Crippen molar-refractivity contribution in [1.29, 1.82) is 0 Å². The van der Waals surface area contributed by atoms with Crippen molar-refractivity contribution in [2.75, 3.05) is 12.8 Å². The molecule has 3 rings (SSSR count). The number of rotatable bonds is 4. The van der Waals surface area contributed by atoms with Crippen LogP contribution in [0.3, 0.4) is 0 Å². The Morgan fingerprint density at radius 1 is 1.32 bits per heavy atom. The maximum atomic E-state index is 14.5. The summed E-state index contributed by atoms with van der Waals surface area (Å²) in [6.45, 7) is 3.69. The van der Waals surface area contributed by atoms with Gasteiger partial charge in [-0.2, -0.15) is 0 Å². The zero-order valence-corrected chi connectivity index (χ0v) is 14.2. The molecule has 6 nitrogen and oxygen atoms in total. The summed E-state index contributed by atoms with van der Waals surface area (Å²) in [6.07, 6.45) is 1.68. The predicted molar refractivity (Wildman–Crippen MR) is 94.2 cm³/mol. The average Bonchev–Trinajstić information content (AvgIpc) is 2.91. The highest BCUT2D eigenvalue weighted by Gasteiger charge is 2.22. The molecule has 0 radical (unpaired) electrons. The molecule has 3 N–H and O–H groups in total. The fourth-order valence-corrected chi connectivity index (χ4v) is 2.71. The third-order valence-electron chi connectivity index (χ3n) is 3.79. The number of nitrogen functional groups attached to an aromatic ring is 1. The maximum absolute atomic E-state index is 14.5. The molecule has 0 aliphatic carbocycles. The standard InChI is InChI=1S/C18H19FN4O2/c1-10(2)21-18(24)15-16(20)23-9-5-6-11(17(23)22-15)14-12(19)7-4-8-13(14)25-3/h4-10H,20H2,1-3H3,(H,21,24). The lowest BCUT2D eigenvalue weighted by molar-refractivity contribution is 0.0939. The number of amides is 1.